The van der Waals surface area contributed by atoms with E-state index in [0.29, 0.717) is 25.2 Å². The van der Waals surface area contributed by atoms with E-state index in [4.69, 9.17) is 10.5 Å². The van der Waals surface area contributed by atoms with Crippen LogP contribution >= 0.6 is 0 Å². The minimum atomic E-state index is 0.423. The molecule has 0 aliphatic heterocycles. The van der Waals surface area contributed by atoms with Crippen LogP contribution in [-0.4, -0.2) is 25.2 Å². The monoisotopic (exact) mass is 303 g/mol. The third-order valence-electron chi connectivity index (χ3n) is 4.02. The highest BCUT2D eigenvalue weighted by atomic mass is 16.5. The van der Waals surface area contributed by atoms with Gasteiger partial charge >= 0.3 is 0 Å². The maximum Gasteiger partial charge on any atom is 0.193 e. The fraction of sp³-hybridized carbons (Fsp3) is 0.611. The minimum absolute atomic E-state index is 0.423. The van der Waals surface area contributed by atoms with E-state index < -0.39 is 0 Å². The largest absolute Gasteiger partial charge is 0.376 e. The van der Waals surface area contributed by atoms with Crippen molar-refractivity contribution in [3.63, 3.8) is 0 Å². The lowest BCUT2D eigenvalue weighted by Gasteiger charge is -2.14. The Hall–Kier alpha value is -1.55. The third kappa shape index (κ3) is 6.06. The molecule has 3 N–H and O–H groups in total. The van der Waals surface area contributed by atoms with Gasteiger partial charge in [-0.3, -0.25) is 4.99 Å². The second-order valence-electron chi connectivity index (χ2n) is 6.25. The molecule has 1 saturated carbocycles. The molecule has 122 valence electrons. The van der Waals surface area contributed by atoms with Crippen LogP contribution < -0.4 is 11.1 Å². The zero-order chi connectivity index (χ0) is 15.8. The molecule has 4 nitrogen and oxygen atoms in total. The summed E-state index contributed by atoms with van der Waals surface area (Å²) in [5.41, 5.74) is 9.35. The average Bonchev–Trinajstić information content (AvgIpc) is 2.71. The number of hydrogen-bond donors (Lipinski definition) is 2. The molecule has 0 radical (unpaired) electrons. The molecule has 1 aliphatic carbocycles. The number of hydrogen-bond acceptors (Lipinski definition) is 2. The van der Waals surface area contributed by atoms with Crippen LogP contribution in [0.2, 0.25) is 0 Å². The first kappa shape index (κ1) is 16.8. The number of benzene rings is 1. The number of aliphatic imine (C=N–C) groups is 1. The van der Waals surface area contributed by atoms with Crippen LogP contribution in [0.4, 0.5) is 5.69 Å². The first-order valence-electron chi connectivity index (χ1n) is 8.40. The van der Waals surface area contributed by atoms with Gasteiger partial charge < -0.3 is 15.8 Å². The molecular formula is C18H29N3O. The maximum atomic E-state index is 5.93. The third-order valence-corrected chi connectivity index (χ3v) is 4.02. The van der Waals surface area contributed by atoms with Crippen LogP contribution in [0, 0.1) is 13.8 Å². The van der Waals surface area contributed by atoms with Crippen LogP contribution in [0.25, 0.3) is 0 Å². The summed E-state index contributed by atoms with van der Waals surface area (Å²) in [7, 11) is 0. The normalized spacial score (nSPS) is 17.3. The molecule has 4 heteroatoms. The molecule has 0 amide bonds. The predicted molar refractivity (Wildman–Crippen MR) is 93.5 cm³/mol. The summed E-state index contributed by atoms with van der Waals surface area (Å²) in [4.78, 5) is 4.34. The summed E-state index contributed by atoms with van der Waals surface area (Å²) in [6, 6.07) is 6.27. The van der Waals surface area contributed by atoms with Gasteiger partial charge in [0.15, 0.2) is 5.96 Å². The summed E-state index contributed by atoms with van der Waals surface area (Å²) >= 11 is 0. The Morgan fingerprint density at radius 1 is 1.14 bits per heavy atom. The lowest BCUT2D eigenvalue weighted by molar-refractivity contribution is 0.0487. The van der Waals surface area contributed by atoms with E-state index >= 15 is 0 Å². The molecule has 1 fully saturated rings. The molecule has 1 aromatic carbocycles. The predicted octanol–water partition coefficient (Wildman–Crippen LogP) is 3.77. The van der Waals surface area contributed by atoms with Gasteiger partial charge in [-0.1, -0.05) is 31.7 Å². The Morgan fingerprint density at radius 2 is 1.77 bits per heavy atom. The van der Waals surface area contributed by atoms with E-state index in [0.717, 1.165) is 5.69 Å². The van der Waals surface area contributed by atoms with Crippen molar-refractivity contribution in [2.75, 3.05) is 18.5 Å². The van der Waals surface area contributed by atoms with Gasteiger partial charge in [0.25, 0.3) is 0 Å². The van der Waals surface area contributed by atoms with E-state index in [2.05, 4.69) is 42.4 Å². The summed E-state index contributed by atoms with van der Waals surface area (Å²) in [6.45, 7) is 5.41. The van der Waals surface area contributed by atoms with Crippen molar-refractivity contribution >= 4 is 11.6 Å². The quantitative estimate of drug-likeness (QED) is 0.377. The second-order valence-corrected chi connectivity index (χ2v) is 6.25. The molecule has 0 heterocycles. The summed E-state index contributed by atoms with van der Waals surface area (Å²) in [5.74, 6) is 0.453. The number of anilines is 1. The van der Waals surface area contributed by atoms with Gasteiger partial charge in [-0.2, -0.15) is 0 Å². The van der Waals surface area contributed by atoms with Gasteiger partial charge in [0.1, 0.15) is 0 Å². The minimum Gasteiger partial charge on any atom is -0.376 e. The van der Waals surface area contributed by atoms with Gasteiger partial charge in [-0.05, 0) is 49.9 Å². The Kier molecular flexibility index (Phi) is 6.72. The summed E-state index contributed by atoms with van der Waals surface area (Å²) in [6.07, 6.45) is 8.11. The average molecular weight is 303 g/mol. The molecule has 1 aliphatic rings. The maximum absolute atomic E-state index is 5.93. The van der Waals surface area contributed by atoms with Crippen LogP contribution in [0.3, 0.4) is 0 Å². The number of guanidine groups is 1. The SMILES string of the molecule is Cc1cc(C)cc(NC(N)=NCCOC2CCCCCC2)c1. The highest BCUT2D eigenvalue weighted by Crippen LogP contribution is 2.19. The van der Waals surface area contributed by atoms with E-state index in [-0.39, 0.29) is 0 Å². The zero-order valence-corrected chi connectivity index (χ0v) is 13.9. The number of nitrogens with zero attached hydrogens (tertiary/aromatic N) is 1. The van der Waals surface area contributed by atoms with Crippen molar-refractivity contribution in [2.45, 2.75) is 58.5 Å². The zero-order valence-electron chi connectivity index (χ0n) is 13.9. The Morgan fingerprint density at radius 3 is 2.41 bits per heavy atom. The fourth-order valence-electron chi connectivity index (χ4n) is 3.03. The molecule has 0 spiro atoms. The molecule has 0 saturated heterocycles. The molecule has 0 bridgehead atoms. The van der Waals surface area contributed by atoms with Crippen molar-refractivity contribution in [1.82, 2.24) is 0 Å². The number of aryl methyl sites for hydroxylation is 2. The Bertz CT molecular complexity index is 471. The molecule has 1 aromatic rings. The lowest BCUT2D eigenvalue weighted by atomic mass is 10.1. The molecule has 0 aromatic heterocycles. The van der Waals surface area contributed by atoms with Crippen molar-refractivity contribution in [3.8, 4) is 0 Å². The Labute approximate surface area is 134 Å². The molecule has 2 rings (SSSR count). The van der Waals surface area contributed by atoms with E-state index in [1.165, 1.54) is 49.7 Å². The fourth-order valence-corrected chi connectivity index (χ4v) is 3.03. The molecule has 0 unspecified atom stereocenters. The van der Waals surface area contributed by atoms with Gasteiger partial charge in [-0.25, -0.2) is 0 Å². The Balaban J connectivity index is 1.72. The van der Waals surface area contributed by atoms with Crippen molar-refractivity contribution < 1.29 is 4.74 Å². The van der Waals surface area contributed by atoms with Gasteiger partial charge in [0.2, 0.25) is 0 Å². The molecule has 22 heavy (non-hydrogen) atoms. The van der Waals surface area contributed by atoms with E-state index in [9.17, 15) is 0 Å². The lowest BCUT2D eigenvalue weighted by Crippen LogP contribution is -2.24. The molecule has 0 atom stereocenters. The second kappa shape index (κ2) is 8.79. The van der Waals surface area contributed by atoms with Crippen LogP contribution in [0.5, 0.6) is 0 Å². The van der Waals surface area contributed by atoms with Crippen molar-refractivity contribution in [2.24, 2.45) is 10.7 Å². The highest BCUT2D eigenvalue weighted by Gasteiger charge is 2.11. The first-order chi connectivity index (χ1) is 10.6. The first-order valence-corrected chi connectivity index (χ1v) is 8.40. The van der Waals surface area contributed by atoms with Gasteiger partial charge in [0, 0.05) is 5.69 Å². The van der Waals surface area contributed by atoms with Gasteiger partial charge in [-0.15, -0.1) is 0 Å². The number of nitrogens with one attached hydrogen (secondary N) is 1. The van der Waals surface area contributed by atoms with Crippen LogP contribution in [0.1, 0.15) is 49.7 Å². The van der Waals surface area contributed by atoms with Gasteiger partial charge in [0.05, 0.1) is 19.3 Å². The standard InChI is InChI=1S/C18H29N3O/c1-14-11-15(2)13-16(12-14)21-18(19)20-9-10-22-17-7-5-3-4-6-8-17/h11-13,17H,3-10H2,1-2H3,(H3,19,20,21). The number of rotatable bonds is 5. The summed E-state index contributed by atoms with van der Waals surface area (Å²) in [5, 5.41) is 3.14. The van der Waals surface area contributed by atoms with Crippen molar-refractivity contribution in [3.05, 3.63) is 29.3 Å². The van der Waals surface area contributed by atoms with Crippen LogP contribution in [-0.2, 0) is 4.74 Å². The molecular weight excluding hydrogens is 274 g/mol. The highest BCUT2D eigenvalue weighted by molar-refractivity contribution is 5.92. The number of ether oxygens (including phenoxy) is 1. The summed E-state index contributed by atoms with van der Waals surface area (Å²) < 4.78 is 5.91. The smallest absolute Gasteiger partial charge is 0.193 e. The van der Waals surface area contributed by atoms with E-state index in [1.807, 2.05) is 0 Å². The van der Waals surface area contributed by atoms with E-state index in [1.54, 1.807) is 0 Å². The van der Waals surface area contributed by atoms with Crippen LogP contribution in [0.15, 0.2) is 23.2 Å². The van der Waals surface area contributed by atoms with Crippen molar-refractivity contribution in [1.29, 1.82) is 0 Å². The number of nitrogens with two attached hydrogens (primary N) is 1. The topological polar surface area (TPSA) is 59.6 Å².